The monoisotopic (exact) mass is 214 g/mol. The molecule has 1 aromatic carbocycles. The molecule has 1 rings (SSSR count). The van der Waals surface area contributed by atoms with E-state index in [0.717, 1.165) is 12.0 Å². The lowest BCUT2D eigenvalue weighted by Crippen LogP contribution is -1.85. The van der Waals surface area contributed by atoms with Crippen molar-refractivity contribution in [3.8, 4) is 11.8 Å². The summed E-state index contributed by atoms with van der Waals surface area (Å²) < 4.78 is 0. The Labute approximate surface area is 100 Å². The Kier molecular flexibility index (Phi) is 5.72. The highest BCUT2D eigenvalue weighted by atomic mass is 14.0. The summed E-state index contributed by atoms with van der Waals surface area (Å²) in [6.07, 6.45) is 4.71. The molecule has 0 spiro atoms. The Hall–Kier alpha value is -1.22. The van der Waals surface area contributed by atoms with Gasteiger partial charge >= 0.3 is 0 Å². The minimum atomic E-state index is 0.663. The second-order valence-corrected chi connectivity index (χ2v) is 4.70. The molecule has 0 fully saturated rings. The zero-order chi connectivity index (χ0) is 11.8. The second-order valence-electron chi connectivity index (χ2n) is 4.70. The number of hydrogen-bond acceptors (Lipinski definition) is 0. The van der Waals surface area contributed by atoms with Gasteiger partial charge in [-0.25, -0.2) is 0 Å². The standard InChI is InChI=1S/C16H22/c1-4-5-8-15-10-12-16(13-11-15)9-6-7-14(2)3/h10-14H,4-5,7-8H2,1-3H3. The van der Waals surface area contributed by atoms with E-state index in [0.29, 0.717) is 5.92 Å². The van der Waals surface area contributed by atoms with Gasteiger partial charge in [0, 0.05) is 12.0 Å². The molecule has 0 aliphatic carbocycles. The first-order valence-corrected chi connectivity index (χ1v) is 6.30. The lowest BCUT2D eigenvalue weighted by Gasteiger charge is -1.99. The smallest absolute Gasteiger partial charge is 0.0245 e. The van der Waals surface area contributed by atoms with Crippen LogP contribution in [0.4, 0.5) is 0 Å². The van der Waals surface area contributed by atoms with Crippen molar-refractivity contribution in [1.82, 2.24) is 0 Å². The number of benzene rings is 1. The highest BCUT2D eigenvalue weighted by molar-refractivity contribution is 5.36. The molecule has 86 valence electrons. The van der Waals surface area contributed by atoms with E-state index in [-0.39, 0.29) is 0 Å². The summed E-state index contributed by atoms with van der Waals surface area (Å²) >= 11 is 0. The second kappa shape index (κ2) is 7.12. The van der Waals surface area contributed by atoms with E-state index in [1.54, 1.807) is 0 Å². The number of unbranched alkanes of at least 4 members (excludes halogenated alkanes) is 1. The zero-order valence-corrected chi connectivity index (χ0v) is 10.7. The maximum absolute atomic E-state index is 3.21. The molecule has 0 aliphatic heterocycles. The summed E-state index contributed by atoms with van der Waals surface area (Å²) in [5.41, 5.74) is 2.57. The van der Waals surface area contributed by atoms with E-state index in [4.69, 9.17) is 0 Å². The third kappa shape index (κ3) is 5.03. The molecular weight excluding hydrogens is 192 g/mol. The SMILES string of the molecule is CCCCc1ccc(C#CCC(C)C)cc1. The van der Waals surface area contributed by atoms with Crippen LogP contribution < -0.4 is 0 Å². The van der Waals surface area contributed by atoms with Crippen molar-refractivity contribution in [1.29, 1.82) is 0 Å². The van der Waals surface area contributed by atoms with Gasteiger partial charge in [0.1, 0.15) is 0 Å². The lowest BCUT2D eigenvalue weighted by atomic mass is 10.1. The average molecular weight is 214 g/mol. The number of hydrogen-bond donors (Lipinski definition) is 0. The third-order valence-corrected chi connectivity index (χ3v) is 2.52. The summed E-state index contributed by atoms with van der Waals surface area (Å²) in [6.45, 7) is 6.62. The molecule has 0 radical (unpaired) electrons. The van der Waals surface area contributed by atoms with Gasteiger partial charge in [-0.15, -0.1) is 0 Å². The van der Waals surface area contributed by atoms with Gasteiger partial charge in [0.15, 0.2) is 0 Å². The van der Waals surface area contributed by atoms with Crippen molar-refractivity contribution in [3.05, 3.63) is 35.4 Å². The zero-order valence-electron chi connectivity index (χ0n) is 10.7. The fourth-order valence-corrected chi connectivity index (χ4v) is 1.49. The normalized spacial score (nSPS) is 10.0. The summed E-state index contributed by atoms with van der Waals surface area (Å²) in [5, 5.41) is 0. The van der Waals surface area contributed by atoms with Gasteiger partial charge in [-0.2, -0.15) is 0 Å². The van der Waals surface area contributed by atoms with Crippen LogP contribution in [-0.2, 0) is 6.42 Å². The molecule has 0 unspecified atom stereocenters. The molecule has 0 heterocycles. The number of rotatable bonds is 4. The van der Waals surface area contributed by atoms with Crippen LogP contribution in [0.2, 0.25) is 0 Å². The molecule has 0 N–H and O–H groups in total. The first-order chi connectivity index (χ1) is 7.72. The molecule has 0 nitrogen and oxygen atoms in total. The van der Waals surface area contributed by atoms with Gasteiger partial charge in [0.2, 0.25) is 0 Å². The predicted molar refractivity (Wildman–Crippen MR) is 71.4 cm³/mol. The van der Waals surface area contributed by atoms with E-state index in [1.165, 1.54) is 24.8 Å². The molecule has 0 bridgehead atoms. The molecule has 0 amide bonds. The van der Waals surface area contributed by atoms with E-state index in [2.05, 4.69) is 56.9 Å². The molecule has 1 aromatic rings. The van der Waals surface area contributed by atoms with Crippen LogP contribution in [0, 0.1) is 17.8 Å². The maximum atomic E-state index is 3.21. The minimum Gasteiger partial charge on any atom is -0.0976 e. The van der Waals surface area contributed by atoms with Crippen LogP contribution >= 0.6 is 0 Å². The van der Waals surface area contributed by atoms with Crippen molar-refractivity contribution < 1.29 is 0 Å². The van der Waals surface area contributed by atoms with Gasteiger partial charge in [-0.1, -0.05) is 51.2 Å². The van der Waals surface area contributed by atoms with Gasteiger partial charge in [-0.3, -0.25) is 0 Å². The Bertz CT molecular complexity index is 346. The summed E-state index contributed by atoms with van der Waals surface area (Å²) in [6, 6.07) is 8.68. The molecule has 0 saturated heterocycles. The first-order valence-electron chi connectivity index (χ1n) is 6.30. The molecule has 0 heteroatoms. The van der Waals surface area contributed by atoms with Gasteiger partial charge < -0.3 is 0 Å². The molecule has 0 atom stereocenters. The summed E-state index contributed by atoms with van der Waals surface area (Å²) in [4.78, 5) is 0. The van der Waals surface area contributed by atoms with Crippen molar-refractivity contribution >= 4 is 0 Å². The van der Waals surface area contributed by atoms with Gasteiger partial charge in [0.25, 0.3) is 0 Å². The van der Waals surface area contributed by atoms with Gasteiger partial charge in [0.05, 0.1) is 0 Å². The Morgan fingerprint density at radius 2 is 1.81 bits per heavy atom. The highest BCUT2D eigenvalue weighted by Crippen LogP contribution is 2.07. The van der Waals surface area contributed by atoms with Crippen molar-refractivity contribution in [2.45, 2.75) is 46.5 Å². The summed E-state index contributed by atoms with van der Waals surface area (Å²) in [5.74, 6) is 7.09. The largest absolute Gasteiger partial charge is 0.0976 e. The first kappa shape index (κ1) is 12.8. The number of aryl methyl sites for hydroxylation is 1. The maximum Gasteiger partial charge on any atom is 0.0245 e. The van der Waals surface area contributed by atoms with Crippen LogP contribution in [0.1, 0.15) is 51.2 Å². The summed E-state index contributed by atoms with van der Waals surface area (Å²) in [7, 11) is 0. The Morgan fingerprint density at radius 3 is 2.38 bits per heavy atom. The van der Waals surface area contributed by atoms with E-state index < -0.39 is 0 Å². The van der Waals surface area contributed by atoms with E-state index in [1.807, 2.05) is 0 Å². The predicted octanol–water partition coefficient (Wildman–Crippen LogP) is 4.43. The Morgan fingerprint density at radius 1 is 1.12 bits per heavy atom. The minimum absolute atomic E-state index is 0.663. The van der Waals surface area contributed by atoms with Crippen molar-refractivity contribution in [3.63, 3.8) is 0 Å². The van der Waals surface area contributed by atoms with Crippen LogP contribution in [-0.4, -0.2) is 0 Å². The quantitative estimate of drug-likeness (QED) is 0.651. The fraction of sp³-hybridized carbons (Fsp3) is 0.500. The van der Waals surface area contributed by atoms with Crippen LogP contribution in [0.5, 0.6) is 0 Å². The Balaban J connectivity index is 2.53. The average Bonchev–Trinajstić information content (AvgIpc) is 2.27. The molecule has 0 aromatic heterocycles. The molecule has 0 saturated carbocycles. The van der Waals surface area contributed by atoms with E-state index >= 15 is 0 Å². The topological polar surface area (TPSA) is 0 Å². The lowest BCUT2D eigenvalue weighted by molar-refractivity contribution is 0.676. The van der Waals surface area contributed by atoms with Crippen molar-refractivity contribution in [2.75, 3.05) is 0 Å². The van der Waals surface area contributed by atoms with Crippen LogP contribution in [0.25, 0.3) is 0 Å². The molecule has 0 aliphatic rings. The van der Waals surface area contributed by atoms with Crippen LogP contribution in [0.15, 0.2) is 24.3 Å². The van der Waals surface area contributed by atoms with Crippen LogP contribution in [0.3, 0.4) is 0 Å². The van der Waals surface area contributed by atoms with E-state index in [9.17, 15) is 0 Å². The van der Waals surface area contributed by atoms with Crippen molar-refractivity contribution in [2.24, 2.45) is 5.92 Å². The molecular formula is C16H22. The van der Waals surface area contributed by atoms with Gasteiger partial charge in [-0.05, 0) is 36.5 Å². The fourth-order valence-electron chi connectivity index (χ4n) is 1.49. The third-order valence-electron chi connectivity index (χ3n) is 2.52. The molecule has 16 heavy (non-hydrogen) atoms. The highest BCUT2D eigenvalue weighted by Gasteiger charge is 1.92.